The Labute approximate surface area is 159 Å². The molecular formula is C22H23N3O2. The SMILES string of the molecule is CO[C@H]1CCCN(C(=O)c2ccc(-c3nc(C)nc4ccccc34)cc2)C1. The van der Waals surface area contributed by atoms with Crippen LogP contribution in [0.5, 0.6) is 0 Å². The van der Waals surface area contributed by atoms with Gasteiger partial charge >= 0.3 is 0 Å². The van der Waals surface area contributed by atoms with Gasteiger partial charge in [-0.2, -0.15) is 0 Å². The molecule has 2 aromatic carbocycles. The summed E-state index contributed by atoms with van der Waals surface area (Å²) in [4.78, 5) is 23.8. The molecule has 138 valence electrons. The van der Waals surface area contributed by atoms with Gasteiger partial charge in [-0.3, -0.25) is 4.79 Å². The molecule has 0 N–H and O–H groups in total. The molecule has 0 saturated carbocycles. The second-order valence-electron chi connectivity index (χ2n) is 6.97. The number of amides is 1. The number of piperidine rings is 1. The molecule has 1 aliphatic rings. The molecule has 5 heteroatoms. The average molecular weight is 361 g/mol. The highest BCUT2D eigenvalue weighted by Crippen LogP contribution is 2.26. The van der Waals surface area contributed by atoms with Crippen LogP contribution in [0.25, 0.3) is 22.2 Å². The standard InChI is InChI=1S/C22H23N3O2/c1-15-23-20-8-4-3-7-19(20)21(24-15)16-9-11-17(12-10-16)22(26)25-13-5-6-18(14-25)27-2/h3-4,7-12,18H,5-6,13-14H2,1-2H3/t18-/m0/s1. The van der Waals surface area contributed by atoms with Crippen molar-refractivity contribution in [1.29, 1.82) is 0 Å². The maximum Gasteiger partial charge on any atom is 0.253 e. The molecule has 1 saturated heterocycles. The van der Waals surface area contributed by atoms with Gasteiger partial charge in [-0.25, -0.2) is 9.97 Å². The number of methoxy groups -OCH3 is 1. The summed E-state index contributed by atoms with van der Waals surface area (Å²) in [5.41, 5.74) is 3.51. The Morgan fingerprint density at radius 3 is 2.67 bits per heavy atom. The Morgan fingerprint density at radius 2 is 1.89 bits per heavy atom. The molecule has 1 aromatic heterocycles. The third-order valence-corrected chi connectivity index (χ3v) is 5.12. The summed E-state index contributed by atoms with van der Waals surface area (Å²) in [6.07, 6.45) is 2.13. The third kappa shape index (κ3) is 3.55. The van der Waals surface area contributed by atoms with E-state index in [-0.39, 0.29) is 12.0 Å². The van der Waals surface area contributed by atoms with Crippen molar-refractivity contribution in [3.05, 3.63) is 59.9 Å². The second kappa shape index (κ2) is 7.45. The zero-order valence-electron chi connectivity index (χ0n) is 15.7. The molecule has 0 unspecified atom stereocenters. The summed E-state index contributed by atoms with van der Waals surface area (Å²) in [6.45, 7) is 3.35. The lowest BCUT2D eigenvalue weighted by Crippen LogP contribution is -2.42. The number of hydrogen-bond donors (Lipinski definition) is 0. The van der Waals surface area contributed by atoms with E-state index in [1.807, 2.05) is 60.4 Å². The molecule has 4 rings (SSSR count). The number of fused-ring (bicyclic) bond motifs is 1. The number of benzene rings is 2. The van der Waals surface area contributed by atoms with Gasteiger partial charge in [-0.05, 0) is 38.0 Å². The zero-order valence-corrected chi connectivity index (χ0v) is 15.7. The Morgan fingerprint density at radius 1 is 1.11 bits per heavy atom. The lowest BCUT2D eigenvalue weighted by molar-refractivity contribution is 0.0269. The number of carbonyl (C=O) groups excluding carboxylic acids is 1. The predicted molar refractivity (Wildman–Crippen MR) is 106 cm³/mol. The summed E-state index contributed by atoms with van der Waals surface area (Å²) in [7, 11) is 1.71. The number of hydrogen-bond acceptors (Lipinski definition) is 4. The molecule has 5 nitrogen and oxygen atoms in total. The van der Waals surface area contributed by atoms with Gasteiger partial charge in [0, 0.05) is 36.7 Å². The molecule has 0 radical (unpaired) electrons. The van der Waals surface area contributed by atoms with Crippen molar-refractivity contribution in [2.45, 2.75) is 25.9 Å². The van der Waals surface area contributed by atoms with Crippen LogP contribution in [-0.2, 0) is 4.74 Å². The Kier molecular flexibility index (Phi) is 4.86. The van der Waals surface area contributed by atoms with Crippen LogP contribution in [0.3, 0.4) is 0 Å². The zero-order chi connectivity index (χ0) is 18.8. The number of aryl methyl sites for hydroxylation is 1. The summed E-state index contributed by atoms with van der Waals surface area (Å²) < 4.78 is 5.43. The molecule has 1 atom stereocenters. The van der Waals surface area contributed by atoms with E-state index in [2.05, 4.69) is 9.97 Å². The van der Waals surface area contributed by atoms with Crippen LogP contribution in [0.4, 0.5) is 0 Å². The van der Waals surface area contributed by atoms with Gasteiger partial charge in [0.1, 0.15) is 5.82 Å². The first-order valence-electron chi connectivity index (χ1n) is 9.31. The number of aromatic nitrogens is 2. The topological polar surface area (TPSA) is 55.3 Å². The fourth-order valence-corrected chi connectivity index (χ4v) is 3.68. The predicted octanol–water partition coefficient (Wildman–Crippen LogP) is 3.86. The fourth-order valence-electron chi connectivity index (χ4n) is 3.68. The smallest absolute Gasteiger partial charge is 0.253 e. The number of likely N-dealkylation sites (tertiary alicyclic amines) is 1. The molecule has 2 heterocycles. The number of ether oxygens (including phenoxy) is 1. The molecular weight excluding hydrogens is 338 g/mol. The van der Waals surface area contributed by atoms with E-state index in [0.29, 0.717) is 12.1 Å². The van der Waals surface area contributed by atoms with Gasteiger partial charge < -0.3 is 9.64 Å². The van der Waals surface area contributed by atoms with Crippen LogP contribution in [-0.4, -0.2) is 47.1 Å². The highest BCUT2D eigenvalue weighted by molar-refractivity contribution is 5.96. The molecule has 0 bridgehead atoms. The van der Waals surface area contributed by atoms with Crippen LogP contribution >= 0.6 is 0 Å². The van der Waals surface area contributed by atoms with Gasteiger partial charge in [0.05, 0.1) is 17.3 Å². The van der Waals surface area contributed by atoms with Crippen molar-refractivity contribution in [3.63, 3.8) is 0 Å². The average Bonchev–Trinajstić information content (AvgIpc) is 2.72. The number of carbonyl (C=O) groups is 1. The molecule has 1 fully saturated rings. The van der Waals surface area contributed by atoms with Gasteiger partial charge in [0.15, 0.2) is 0 Å². The minimum Gasteiger partial charge on any atom is -0.380 e. The lowest BCUT2D eigenvalue weighted by atomic mass is 10.0. The van der Waals surface area contributed by atoms with Crippen molar-refractivity contribution >= 4 is 16.8 Å². The number of rotatable bonds is 3. The first-order valence-corrected chi connectivity index (χ1v) is 9.31. The van der Waals surface area contributed by atoms with Crippen LogP contribution in [0.1, 0.15) is 29.0 Å². The molecule has 1 amide bonds. The monoisotopic (exact) mass is 361 g/mol. The van der Waals surface area contributed by atoms with E-state index in [0.717, 1.165) is 47.4 Å². The largest absolute Gasteiger partial charge is 0.380 e. The van der Waals surface area contributed by atoms with Gasteiger partial charge in [-0.15, -0.1) is 0 Å². The molecule has 0 spiro atoms. The lowest BCUT2D eigenvalue weighted by Gasteiger charge is -2.32. The highest BCUT2D eigenvalue weighted by atomic mass is 16.5. The van der Waals surface area contributed by atoms with E-state index < -0.39 is 0 Å². The number of para-hydroxylation sites is 1. The molecule has 27 heavy (non-hydrogen) atoms. The van der Waals surface area contributed by atoms with Crippen LogP contribution in [0.15, 0.2) is 48.5 Å². The van der Waals surface area contributed by atoms with Crippen LogP contribution in [0, 0.1) is 6.92 Å². The summed E-state index contributed by atoms with van der Waals surface area (Å²) >= 11 is 0. The Balaban J connectivity index is 1.62. The van der Waals surface area contributed by atoms with E-state index in [1.54, 1.807) is 7.11 Å². The maximum absolute atomic E-state index is 12.8. The van der Waals surface area contributed by atoms with E-state index in [9.17, 15) is 4.79 Å². The van der Waals surface area contributed by atoms with Gasteiger partial charge in [0.25, 0.3) is 5.91 Å². The summed E-state index contributed by atoms with van der Waals surface area (Å²) in [6, 6.07) is 15.7. The third-order valence-electron chi connectivity index (χ3n) is 5.12. The highest BCUT2D eigenvalue weighted by Gasteiger charge is 2.24. The normalized spacial score (nSPS) is 17.3. The maximum atomic E-state index is 12.8. The van der Waals surface area contributed by atoms with Crippen LogP contribution in [0.2, 0.25) is 0 Å². The Bertz CT molecular complexity index is 969. The quantitative estimate of drug-likeness (QED) is 0.711. The van der Waals surface area contributed by atoms with Gasteiger partial charge in [-0.1, -0.05) is 30.3 Å². The number of nitrogens with zero attached hydrogens (tertiary/aromatic N) is 3. The summed E-state index contributed by atoms with van der Waals surface area (Å²) in [5, 5.41) is 1.01. The molecule has 3 aromatic rings. The first kappa shape index (κ1) is 17.6. The molecule has 0 aliphatic carbocycles. The fraction of sp³-hybridized carbons (Fsp3) is 0.318. The minimum absolute atomic E-state index is 0.0621. The van der Waals surface area contributed by atoms with Crippen molar-refractivity contribution in [1.82, 2.24) is 14.9 Å². The van der Waals surface area contributed by atoms with Gasteiger partial charge in [0.2, 0.25) is 0 Å². The van der Waals surface area contributed by atoms with E-state index in [4.69, 9.17) is 4.74 Å². The van der Waals surface area contributed by atoms with E-state index >= 15 is 0 Å². The second-order valence-corrected chi connectivity index (χ2v) is 6.97. The van der Waals surface area contributed by atoms with Crippen molar-refractivity contribution in [2.75, 3.05) is 20.2 Å². The molecule has 1 aliphatic heterocycles. The van der Waals surface area contributed by atoms with Crippen molar-refractivity contribution in [2.24, 2.45) is 0 Å². The minimum atomic E-state index is 0.0621. The van der Waals surface area contributed by atoms with Crippen molar-refractivity contribution in [3.8, 4) is 11.3 Å². The Hall–Kier alpha value is -2.79. The first-order chi connectivity index (χ1) is 13.2. The van der Waals surface area contributed by atoms with E-state index in [1.165, 1.54) is 0 Å². The van der Waals surface area contributed by atoms with Crippen LogP contribution < -0.4 is 0 Å². The summed E-state index contributed by atoms with van der Waals surface area (Å²) in [5.74, 6) is 0.801. The van der Waals surface area contributed by atoms with Crippen molar-refractivity contribution < 1.29 is 9.53 Å².